The molecule has 2 unspecified atom stereocenters. The van der Waals surface area contributed by atoms with Gasteiger partial charge in [0.1, 0.15) is 5.82 Å². The lowest BCUT2D eigenvalue weighted by Crippen LogP contribution is -2.17. The lowest BCUT2D eigenvalue weighted by atomic mass is 10.3. The molecule has 2 N–H and O–H groups in total. The average molecular weight is 241 g/mol. The van der Waals surface area contributed by atoms with Gasteiger partial charge in [0.25, 0.3) is 0 Å². The number of hydrogen-bond acceptors (Lipinski definition) is 3. The Morgan fingerprint density at radius 2 is 2.25 bits per heavy atom. The predicted molar refractivity (Wildman–Crippen MR) is 57.1 cm³/mol. The Morgan fingerprint density at radius 1 is 1.50 bits per heavy atom. The number of halogens is 1. The van der Waals surface area contributed by atoms with E-state index < -0.39 is 17.8 Å². The summed E-state index contributed by atoms with van der Waals surface area (Å²) in [5.74, 6) is -1.91. The maximum atomic E-state index is 11.5. The van der Waals surface area contributed by atoms with Gasteiger partial charge in [-0.2, -0.15) is 0 Å². The highest BCUT2D eigenvalue weighted by atomic mass is 35.5. The van der Waals surface area contributed by atoms with E-state index in [1.54, 1.807) is 6.07 Å². The molecule has 2 rings (SSSR count). The van der Waals surface area contributed by atoms with Gasteiger partial charge in [-0.3, -0.25) is 9.59 Å². The molecule has 0 radical (unpaired) electrons. The summed E-state index contributed by atoms with van der Waals surface area (Å²) in [7, 11) is 0. The summed E-state index contributed by atoms with van der Waals surface area (Å²) >= 11 is 5.72. The number of aromatic nitrogens is 1. The van der Waals surface area contributed by atoms with E-state index in [9.17, 15) is 9.59 Å². The molecular weight excluding hydrogens is 232 g/mol. The van der Waals surface area contributed by atoms with Gasteiger partial charge in [-0.15, -0.1) is 0 Å². The Morgan fingerprint density at radius 3 is 2.81 bits per heavy atom. The number of rotatable bonds is 3. The Balaban J connectivity index is 1.96. The van der Waals surface area contributed by atoms with Crippen molar-refractivity contribution in [3.8, 4) is 0 Å². The second-order valence-electron chi connectivity index (χ2n) is 3.64. The second kappa shape index (κ2) is 4.09. The van der Waals surface area contributed by atoms with Gasteiger partial charge in [0.2, 0.25) is 5.91 Å². The smallest absolute Gasteiger partial charge is 0.307 e. The number of carboxylic acid groups (broad SMARTS) is 1. The number of nitrogens with zero attached hydrogens (tertiary/aromatic N) is 1. The first kappa shape index (κ1) is 10.9. The van der Waals surface area contributed by atoms with E-state index in [2.05, 4.69) is 10.3 Å². The van der Waals surface area contributed by atoms with Gasteiger partial charge in [0.15, 0.2) is 0 Å². The molecule has 5 nitrogen and oxygen atoms in total. The normalized spacial score (nSPS) is 22.6. The van der Waals surface area contributed by atoms with Crippen molar-refractivity contribution in [3.05, 3.63) is 23.4 Å². The topological polar surface area (TPSA) is 79.3 Å². The monoisotopic (exact) mass is 240 g/mol. The first-order valence-corrected chi connectivity index (χ1v) is 5.11. The summed E-state index contributed by atoms with van der Waals surface area (Å²) in [6, 6.07) is 3.10. The number of anilines is 1. The molecule has 0 aromatic carbocycles. The maximum Gasteiger partial charge on any atom is 0.307 e. The summed E-state index contributed by atoms with van der Waals surface area (Å²) in [6.07, 6.45) is 1.86. The summed E-state index contributed by atoms with van der Waals surface area (Å²) in [5.41, 5.74) is 0. The zero-order chi connectivity index (χ0) is 11.7. The van der Waals surface area contributed by atoms with E-state index in [-0.39, 0.29) is 5.91 Å². The molecule has 1 aromatic rings. The molecule has 1 aliphatic carbocycles. The minimum Gasteiger partial charge on any atom is -0.481 e. The van der Waals surface area contributed by atoms with E-state index in [1.807, 2.05) is 0 Å². The molecule has 1 aliphatic rings. The molecule has 1 fully saturated rings. The van der Waals surface area contributed by atoms with Crippen LogP contribution >= 0.6 is 11.6 Å². The quantitative estimate of drug-likeness (QED) is 0.837. The van der Waals surface area contributed by atoms with Gasteiger partial charge in [-0.1, -0.05) is 11.6 Å². The average Bonchev–Trinajstić information content (AvgIpc) is 2.96. The van der Waals surface area contributed by atoms with Gasteiger partial charge < -0.3 is 10.4 Å². The highest BCUT2D eigenvalue weighted by Crippen LogP contribution is 2.39. The first-order chi connectivity index (χ1) is 7.58. The van der Waals surface area contributed by atoms with Crippen LogP contribution in [-0.4, -0.2) is 22.0 Å². The lowest BCUT2D eigenvalue weighted by Gasteiger charge is -2.02. The summed E-state index contributed by atoms with van der Waals surface area (Å²) in [4.78, 5) is 26.0. The highest BCUT2D eigenvalue weighted by molar-refractivity contribution is 6.30. The molecule has 1 amide bonds. The predicted octanol–water partition coefficient (Wildman–Crippen LogP) is 1.39. The van der Waals surface area contributed by atoms with Gasteiger partial charge in [0, 0.05) is 11.2 Å². The molecule has 2 atom stereocenters. The summed E-state index contributed by atoms with van der Waals surface area (Å²) in [5, 5.41) is 11.7. The van der Waals surface area contributed by atoms with Crippen LogP contribution in [0.1, 0.15) is 6.42 Å². The van der Waals surface area contributed by atoms with Crippen molar-refractivity contribution in [1.82, 2.24) is 4.98 Å². The number of aliphatic carboxylic acids is 1. The third-order valence-corrected chi connectivity index (χ3v) is 2.65. The number of carboxylic acids is 1. The Labute approximate surface area is 96.4 Å². The number of nitrogens with one attached hydrogen (secondary N) is 1. The lowest BCUT2D eigenvalue weighted by molar-refractivity contribution is -0.139. The van der Waals surface area contributed by atoms with Crippen LogP contribution in [0.5, 0.6) is 0 Å². The number of amides is 1. The van der Waals surface area contributed by atoms with Crippen LogP contribution in [0.4, 0.5) is 5.82 Å². The van der Waals surface area contributed by atoms with Gasteiger partial charge >= 0.3 is 5.97 Å². The van der Waals surface area contributed by atoms with Crippen LogP contribution in [0.25, 0.3) is 0 Å². The number of carbonyl (C=O) groups excluding carboxylic acids is 1. The molecular formula is C10H9ClN2O3. The zero-order valence-electron chi connectivity index (χ0n) is 8.18. The number of pyridine rings is 1. The van der Waals surface area contributed by atoms with E-state index in [1.165, 1.54) is 12.3 Å². The van der Waals surface area contributed by atoms with Crippen LogP contribution in [-0.2, 0) is 9.59 Å². The third-order valence-electron chi connectivity index (χ3n) is 2.42. The fourth-order valence-corrected chi connectivity index (χ4v) is 1.61. The molecule has 1 heterocycles. The van der Waals surface area contributed by atoms with Crippen LogP contribution in [0.15, 0.2) is 18.3 Å². The van der Waals surface area contributed by atoms with E-state index in [0.717, 1.165) is 0 Å². The van der Waals surface area contributed by atoms with Gasteiger partial charge in [0.05, 0.1) is 11.8 Å². The van der Waals surface area contributed by atoms with Crippen LogP contribution in [0, 0.1) is 11.8 Å². The summed E-state index contributed by atoms with van der Waals surface area (Å²) < 4.78 is 0. The standard InChI is InChI=1S/C10H9ClN2O3/c11-5-1-2-12-8(3-5)13-9(14)6-4-7(6)10(15)16/h1-3,6-7H,4H2,(H,15,16)(H,12,13,14). The van der Waals surface area contributed by atoms with Crippen LogP contribution in [0.3, 0.4) is 0 Å². The molecule has 84 valence electrons. The van der Waals surface area contributed by atoms with Gasteiger partial charge in [-0.05, 0) is 18.6 Å². The van der Waals surface area contributed by atoms with Crippen molar-refractivity contribution in [2.24, 2.45) is 11.8 Å². The maximum absolute atomic E-state index is 11.5. The van der Waals surface area contributed by atoms with Crippen molar-refractivity contribution in [2.45, 2.75) is 6.42 Å². The molecule has 0 spiro atoms. The highest BCUT2D eigenvalue weighted by Gasteiger charge is 2.48. The third kappa shape index (κ3) is 2.30. The fraction of sp³-hybridized carbons (Fsp3) is 0.300. The second-order valence-corrected chi connectivity index (χ2v) is 4.07. The van der Waals surface area contributed by atoms with Crippen LogP contribution in [0.2, 0.25) is 5.02 Å². The Hall–Kier alpha value is -1.62. The SMILES string of the molecule is O=C(O)C1CC1C(=O)Nc1cc(Cl)ccn1. The van der Waals surface area contributed by atoms with Crippen molar-refractivity contribution >= 4 is 29.3 Å². The first-order valence-electron chi connectivity index (χ1n) is 4.73. The minimum absolute atomic E-state index is 0.317. The van der Waals surface area contributed by atoms with Gasteiger partial charge in [-0.25, -0.2) is 4.98 Å². The van der Waals surface area contributed by atoms with E-state index in [0.29, 0.717) is 17.3 Å². The molecule has 1 aromatic heterocycles. The minimum atomic E-state index is -0.931. The van der Waals surface area contributed by atoms with E-state index >= 15 is 0 Å². The molecule has 6 heteroatoms. The molecule has 0 saturated heterocycles. The Kier molecular flexibility index (Phi) is 2.78. The summed E-state index contributed by atoms with van der Waals surface area (Å²) in [6.45, 7) is 0. The van der Waals surface area contributed by atoms with Crippen LogP contribution < -0.4 is 5.32 Å². The van der Waals surface area contributed by atoms with Crippen molar-refractivity contribution in [2.75, 3.05) is 5.32 Å². The molecule has 0 aliphatic heterocycles. The fourth-order valence-electron chi connectivity index (χ4n) is 1.45. The number of hydrogen-bond donors (Lipinski definition) is 2. The molecule has 1 saturated carbocycles. The zero-order valence-corrected chi connectivity index (χ0v) is 8.94. The molecule has 0 bridgehead atoms. The van der Waals surface area contributed by atoms with E-state index in [4.69, 9.17) is 16.7 Å². The van der Waals surface area contributed by atoms with Crippen molar-refractivity contribution < 1.29 is 14.7 Å². The molecule has 16 heavy (non-hydrogen) atoms. The number of carbonyl (C=O) groups is 2. The Bertz CT molecular complexity index is 449. The largest absolute Gasteiger partial charge is 0.481 e. The van der Waals surface area contributed by atoms with Crippen molar-refractivity contribution in [3.63, 3.8) is 0 Å². The van der Waals surface area contributed by atoms with Crippen molar-refractivity contribution in [1.29, 1.82) is 0 Å².